The van der Waals surface area contributed by atoms with Gasteiger partial charge in [0.25, 0.3) is 0 Å². The highest BCUT2D eigenvalue weighted by molar-refractivity contribution is 5.80. The van der Waals surface area contributed by atoms with E-state index in [1.807, 2.05) is 9.80 Å². The third kappa shape index (κ3) is 3.56. The molecule has 3 aliphatic carbocycles. The average molecular weight is 526 g/mol. The van der Waals surface area contributed by atoms with Crippen molar-refractivity contribution in [1.82, 2.24) is 34.9 Å². The molecule has 2 saturated heterocycles. The molecular weight excluding hydrogens is 495 g/mol. The molecule has 0 atom stereocenters. The van der Waals surface area contributed by atoms with Crippen molar-refractivity contribution in [2.24, 2.45) is 16.7 Å². The van der Waals surface area contributed by atoms with E-state index in [9.17, 15) is 18.0 Å². The number of H-pyrrole nitrogens is 2. The van der Waals surface area contributed by atoms with Gasteiger partial charge >= 0.3 is 12.2 Å². The molecule has 2 aliphatic heterocycles. The lowest BCUT2D eigenvalue weighted by atomic mass is 9.56. The minimum absolute atomic E-state index is 0.116. The molecule has 11 heteroatoms. The molecule has 2 spiro atoms. The molecule has 3 saturated carbocycles. The zero-order valence-corrected chi connectivity index (χ0v) is 21.0. The van der Waals surface area contributed by atoms with Gasteiger partial charge in [0.2, 0.25) is 0 Å². The molecular formula is C27H30F3N7O. The quantitative estimate of drug-likeness (QED) is 0.510. The smallest absolute Gasteiger partial charge is 0.346 e. The maximum absolute atomic E-state index is 13.1. The van der Waals surface area contributed by atoms with Crippen molar-refractivity contribution in [2.45, 2.75) is 63.0 Å². The Morgan fingerprint density at radius 2 is 1.66 bits per heavy atom. The van der Waals surface area contributed by atoms with Gasteiger partial charge in [-0.25, -0.2) is 14.8 Å². The molecule has 5 heterocycles. The summed E-state index contributed by atoms with van der Waals surface area (Å²) in [5.74, 6) is 3.49. The summed E-state index contributed by atoms with van der Waals surface area (Å²) in [6.07, 6.45) is 4.03. The Labute approximate surface area is 217 Å². The zero-order valence-electron chi connectivity index (χ0n) is 21.0. The summed E-state index contributed by atoms with van der Waals surface area (Å²) in [6.45, 7) is 3.32. The topological polar surface area (TPSA) is 93.8 Å². The molecule has 3 aromatic heterocycles. The predicted octanol–water partition coefficient (Wildman–Crippen LogP) is 4.83. The fraction of sp³-hybridized carbons (Fsp3) is 0.630. The summed E-state index contributed by atoms with van der Waals surface area (Å²) in [7, 11) is 0. The maximum Gasteiger partial charge on any atom is 0.418 e. The minimum Gasteiger partial charge on any atom is -0.346 e. The largest absolute Gasteiger partial charge is 0.418 e. The number of nitrogens with one attached hydrogen (secondary N) is 2. The Bertz CT molecular complexity index is 1410. The first kappa shape index (κ1) is 22.8. The van der Waals surface area contributed by atoms with Crippen LogP contribution in [-0.2, 0) is 12.6 Å². The molecule has 3 aromatic rings. The highest BCUT2D eigenvalue weighted by Gasteiger charge is 2.58. The first-order valence-corrected chi connectivity index (χ1v) is 13.7. The second-order valence-corrected chi connectivity index (χ2v) is 12.8. The van der Waals surface area contributed by atoms with Crippen molar-refractivity contribution in [1.29, 1.82) is 0 Å². The second-order valence-electron chi connectivity index (χ2n) is 12.8. The molecule has 2 N–H and O–H groups in total. The van der Waals surface area contributed by atoms with Crippen molar-refractivity contribution in [3.63, 3.8) is 0 Å². The van der Waals surface area contributed by atoms with E-state index < -0.39 is 11.7 Å². The third-order valence-corrected chi connectivity index (χ3v) is 9.70. The highest BCUT2D eigenvalue weighted by atomic mass is 19.4. The number of alkyl halides is 3. The van der Waals surface area contributed by atoms with Crippen LogP contribution in [0.3, 0.4) is 0 Å². The fourth-order valence-corrected chi connectivity index (χ4v) is 7.69. The van der Waals surface area contributed by atoms with Crippen LogP contribution in [0.1, 0.15) is 73.3 Å². The molecule has 0 radical (unpaired) electrons. The molecule has 0 aromatic carbocycles. The van der Waals surface area contributed by atoms with Gasteiger partial charge in [-0.15, -0.1) is 0 Å². The van der Waals surface area contributed by atoms with E-state index in [0.717, 1.165) is 81.8 Å². The number of aromatic nitrogens is 5. The Morgan fingerprint density at radius 3 is 2.32 bits per heavy atom. The standard InChI is InChI=1S/C27H30F3N7O/c28-27(29,30)20-10-31-23-19(20)4-3-18(32-23)5-15-6-25(7-15)11-36(12-25)24(38)37-13-26(14-37)8-17(9-26)22-33-21(34-35-22)16-1-2-16/h3-4,10,15-17H,1-2,5-9,11-14H2,(H,31,32)(H,33,34,35). The summed E-state index contributed by atoms with van der Waals surface area (Å²) in [6, 6.07) is 3.41. The van der Waals surface area contributed by atoms with Gasteiger partial charge < -0.3 is 14.8 Å². The van der Waals surface area contributed by atoms with Crippen LogP contribution in [0, 0.1) is 16.7 Å². The van der Waals surface area contributed by atoms with E-state index in [-0.39, 0.29) is 22.2 Å². The molecule has 8 rings (SSSR count). The second kappa shape index (κ2) is 7.51. The number of likely N-dealkylation sites (tertiary alicyclic amines) is 2. The van der Waals surface area contributed by atoms with E-state index in [1.165, 1.54) is 18.9 Å². The van der Waals surface area contributed by atoms with Gasteiger partial charge in [0.05, 0.1) is 5.56 Å². The van der Waals surface area contributed by atoms with Crippen molar-refractivity contribution in [3.8, 4) is 0 Å². The lowest BCUT2D eigenvalue weighted by molar-refractivity contribution is -0.136. The lowest BCUT2D eigenvalue weighted by Gasteiger charge is -2.63. The Hall–Kier alpha value is -3.11. The number of hydrogen-bond acceptors (Lipinski definition) is 4. The van der Waals surface area contributed by atoms with E-state index in [0.29, 0.717) is 23.4 Å². The number of hydrogen-bond donors (Lipinski definition) is 2. The third-order valence-electron chi connectivity index (χ3n) is 9.70. The summed E-state index contributed by atoms with van der Waals surface area (Å²) >= 11 is 0. The van der Waals surface area contributed by atoms with E-state index >= 15 is 0 Å². The van der Waals surface area contributed by atoms with Crippen molar-refractivity contribution < 1.29 is 18.0 Å². The zero-order chi connectivity index (χ0) is 25.9. The van der Waals surface area contributed by atoms with Gasteiger partial charge in [0, 0.05) is 66.1 Å². The normalized spacial score (nSPS) is 24.4. The Morgan fingerprint density at radius 1 is 0.974 bits per heavy atom. The minimum atomic E-state index is -4.39. The number of fused-ring (bicyclic) bond motifs is 1. The SMILES string of the molecule is O=C(N1CC2(CC(Cc3ccc4c(C(F)(F)F)c[nH]c4n3)C2)C1)N1CC2(CC(c3nc(C4CC4)n[nH]3)C2)C1. The first-order valence-electron chi connectivity index (χ1n) is 13.7. The number of urea groups is 1. The average Bonchev–Trinajstić information content (AvgIpc) is 3.33. The molecule has 0 unspecified atom stereocenters. The molecule has 2 amide bonds. The van der Waals surface area contributed by atoms with Crippen molar-refractivity contribution >= 4 is 17.1 Å². The molecule has 5 aliphatic rings. The van der Waals surface area contributed by atoms with E-state index in [1.54, 1.807) is 6.07 Å². The Kier molecular flexibility index (Phi) is 4.51. The van der Waals surface area contributed by atoms with Crippen LogP contribution in [-0.4, -0.2) is 67.2 Å². The van der Waals surface area contributed by atoms with Gasteiger partial charge in [-0.05, 0) is 63.0 Å². The first-order chi connectivity index (χ1) is 18.2. The predicted molar refractivity (Wildman–Crippen MR) is 131 cm³/mol. The number of rotatable bonds is 4. The highest BCUT2D eigenvalue weighted by Crippen LogP contribution is 2.57. The number of halogens is 3. The number of nitrogens with zero attached hydrogens (tertiary/aromatic N) is 5. The molecule has 200 valence electrons. The van der Waals surface area contributed by atoms with Crippen LogP contribution in [0.15, 0.2) is 18.3 Å². The number of carbonyl (C=O) groups is 1. The van der Waals surface area contributed by atoms with Crippen molar-refractivity contribution in [2.75, 3.05) is 26.2 Å². The number of pyridine rings is 1. The van der Waals surface area contributed by atoms with Gasteiger partial charge in [-0.1, -0.05) is 0 Å². The summed E-state index contributed by atoms with van der Waals surface area (Å²) in [5, 5.41) is 7.64. The summed E-state index contributed by atoms with van der Waals surface area (Å²) in [5.41, 5.74) is 0.925. The molecule has 0 bridgehead atoms. The van der Waals surface area contributed by atoms with E-state index in [2.05, 4.69) is 20.2 Å². The van der Waals surface area contributed by atoms with Crippen molar-refractivity contribution in [3.05, 3.63) is 41.2 Å². The van der Waals surface area contributed by atoms with Crippen LogP contribution in [0.2, 0.25) is 0 Å². The molecule has 5 fully saturated rings. The number of amides is 2. The van der Waals surface area contributed by atoms with Crippen LogP contribution >= 0.6 is 0 Å². The summed E-state index contributed by atoms with van der Waals surface area (Å²) < 4.78 is 39.3. The molecule has 8 nitrogen and oxygen atoms in total. The number of carbonyl (C=O) groups excluding carboxylic acids is 1. The van der Waals surface area contributed by atoms with Crippen LogP contribution < -0.4 is 0 Å². The van der Waals surface area contributed by atoms with E-state index in [4.69, 9.17) is 4.98 Å². The Balaban J connectivity index is 0.795. The van der Waals surface area contributed by atoms with Crippen LogP contribution in [0.4, 0.5) is 18.0 Å². The van der Waals surface area contributed by atoms with Crippen LogP contribution in [0.5, 0.6) is 0 Å². The molecule has 38 heavy (non-hydrogen) atoms. The monoisotopic (exact) mass is 525 g/mol. The van der Waals surface area contributed by atoms with Gasteiger partial charge in [-0.2, -0.15) is 18.3 Å². The number of aromatic amines is 2. The fourth-order valence-electron chi connectivity index (χ4n) is 7.69. The maximum atomic E-state index is 13.1. The lowest BCUT2D eigenvalue weighted by Crippen LogP contribution is -2.71. The van der Waals surface area contributed by atoms with Gasteiger partial charge in [0.15, 0.2) is 5.82 Å². The van der Waals surface area contributed by atoms with Gasteiger partial charge in [0.1, 0.15) is 11.5 Å². The summed E-state index contributed by atoms with van der Waals surface area (Å²) in [4.78, 5) is 28.8. The van der Waals surface area contributed by atoms with Crippen LogP contribution in [0.25, 0.3) is 11.0 Å². The van der Waals surface area contributed by atoms with Gasteiger partial charge in [-0.3, -0.25) is 5.10 Å².